The van der Waals surface area contributed by atoms with Crippen molar-refractivity contribution in [3.63, 3.8) is 0 Å². The minimum absolute atomic E-state index is 0.0000926. The van der Waals surface area contributed by atoms with Gasteiger partial charge < -0.3 is 11.1 Å². The first-order valence-corrected chi connectivity index (χ1v) is 3.80. The summed E-state index contributed by atoms with van der Waals surface area (Å²) in [7, 11) is 0. The van der Waals surface area contributed by atoms with Crippen LogP contribution < -0.4 is 11.1 Å². The van der Waals surface area contributed by atoms with Crippen molar-refractivity contribution < 1.29 is 4.79 Å². The van der Waals surface area contributed by atoms with Crippen LogP contribution in [0.4, 0.5) is 0 Å². The van der Waals surface area contributed by atoms with Gasteiger partial charge in [0.2, 0.25) is 5.91 Å². The third kappa shape index (κ3) is 3.78. The molecule has 1 unspecified atom stereocenters. The summed E-state index contributed by atoms with van der Waals surface area (Å²) in [5, 5.41) is 2.70. The molecule has 64 valence electrons. The Morgan fingerprint density at radius 1 is 1.82 bits per heavy atom. The van der Waals surface area contributed by atoms with Crippen LogP contribution in [0.15, 0.2) is 12.7 Å². The molecular formula is C8H16N2O. The zero-order valence-corrected chi connectivity index (χ0v) is 7.13. The van der Waals surface area contributed by atoms with E-state index in [1.165, 1.54) is 0 Å². The average molecular weight is 156 g/mol. The lowest BCUT2D eigenvalue weighted by Gasteiger charge is -2.12. The first-order chi connectivity index (χ1) is 5.11. The monoisotopic (exact) mass is 156 g/mol. The van der Waals surface area contributed by atoms with Crippen LogP contribution in [0.25, 0.3) is 0 Å². The van der Waals surface area contributed by atoms with Crippen LogP contribution in [-0.4, -0.2) is 18.0 Å². The van der Waals surface area contributed by atoms with E-state index in [0.717, 1.165) is 0 Å². The number of rotatable bonds is 4. The van der Waals surface area contributed by atoms with Gasteiger partial charge in [-0.05, 0) is 13.3 Å². The average Bonchev–Trinajstić information content (AvgIpc) is 2.02. The highest BCUT2D eigenvalue weighted by atomic mass is 16.2. The molecule has 11 heavy (non-hydrogen) atoms. The molecule has 0 aromatic rings. The Bertz CT molecular complexity index is 145. The lowest BCUT2D eigenvalue weighted by atomic mass is 10.2. The Morgan fingerprint density at radius 2 is 2.36 bits per heavy atom. The van der Waals surface area contributed by atoms with Gasteiger partial charge in [0, 0.05) is 6.04 Å². The fourth-order valence-corrected chi connectivity index (χ4v) is 0.576. The normalized spacial score (nSPS) is 15.2. The van der Waals surface area contributed by atoms with Gasteiger partial charge in [-0.1, -0.05) is 13.0 Å². The summed E-state index contributed by atoms with van der Waals surface area (Å²) in [6.07, 6.45) is 2.33. The molecule has 0 fully saturated rings. The molecule has 0 bridgehead atoms. The number of hydrogen-bond acceptors (Lipinski definition) is 2. The van der Waals surface area contributed by atoms with Gasteiger partial charge in [-0.3, -0.25) is 4.79 Å². The fourth-order valence-electron chi connectivity index (χ4n) is 0.576. The molecule has 0 saturated heterocycles. The third-order valence-electron chi connectivity index (χ3n) is 1.50. The maximum atomic E-state index is 11.1. The van der Waals surface area contributed by atoms with Crippen molar-refractivity contribution >= 4 is 5.91 Å². The van der Waals surface area contributed by atoms with Gasteiger partial charge in [-0.15, -0.1) is 6.58 Å². The molecule has 0 rings (SSSR count). The highest BCUT2D eigenvalue weighted by molar-refractivity contribution is 5.81. The topological polar surface area (TPSA) is 55.1 Å². The first kappa shape index (κ1) is 10.2. The third-order valence-corrected chi connectivity index (χ3v) is 1.50. The second kappa shape index (κ2) is 4.91. The molecule has 1 amide bonds. The molecule has 0 spiro atoms. The predicted molar refractivity (Wildman–Crippen MR) is 46.1 cm³/mol. The number of carbonyl (C=O) groups excluding carboxylic acids is 1. The summed E-state index contributed by atoms with van der Waals surface area (Å²) in [4.78, 5) is 11.1. The Morgan fingerprint density at radius 3 is 2.73 bits per heavy atom. The van der Waals surface area contributed by atoms with Gasteiger partial charge in [0.15, 0.2) is 0 Å². The van der Waals surface area contributed by atoms with Crippen molar-refractivity contribution in [1.82, 2.24) is 5.32 Å². The van der Waals surface area contributed by atoms with E-state index in [9.17, 15) is 4.79 Å². The van der Waals surface area contributed by atoms with Crippen molar-refractivity contribution in [3.8, 4) is 0 Å². The second-order valence-electron chi connectivity index (χ2n) is 2.55. The maximum Gasteiger partial charge on any atom is 0.237 e. The summed E-state index contributed by atoms with van der Waals surface area (Å²) in [6.45, 7) is 7.28. The Kier molecular flexibility index (Phi) is 4.54. The van der Waals surface area contributed by atoms with Crippen molar-refractivity contribution in [2.75, 3.05) is 0 Å². The molecule has 2 atom stereocenters. The summed E-state index contributed by atoms with van der Waals surface area (Å²) in [5.74, 6) is -0.111. The van der Waals surface area contributed by atoms with Crippen LogP contribution in [0.1, 0.15) is 20.3 Å². The second-order valence-corrected chi connectivity index (χ2v) is 2.55. The van der Waals surface area contributed by atoms with Gasteiger partial charge in [-0.25, -0.2) is 0 Å². The van der Waals surface area contributed by atoms with Gasteiger partial charge in [0.05, 0.1) is 6.04 Å². The van der Waals surface area contributed by atoms with Gasteiger partial charge in [0.1, 0.15) is 0 Å². The van der Waals surface area contributed by atoms with Crippen LogP contribution in [0.5, 0.6) is 0 Å². The number of carbonyl (C=O) groups is 1. The summed E-state index contributed by atoms with van der Waals surface area (Å²) in [5.41, 5.74) is 5.47. The van der Waals surface area contributed by atoms with E-state index < -0.39 is 6.04 Å². The smallest absolute Gasteiger partial charge is 0.237 e. The highest BCUT2D eigenvalue weighted by Gasteiger charge is 2.11. The van der Waals surface area contributed by atoms with Crippen molar-refractivity contribution in [2.45, 2.75) is 32.4 Å². The van der Waals surface area contributed by atoms with Crippen molar-refractivity contribution in [3.05, 3.63) is 12.7 Å². The maximum absolute atomic E-state index is 11.1. The quantitative estimate of drug-likeness (QED) is 0.579. The van der Waals surface area contributed by atoms with E-state index in [0.29, 0.717) is 6.42 Å². The van der Waals surface area contributed by atoms with Crippen molar-refractivity contribution in [2.24, 2.45) is 5.73 Å². The highest BCUT2D eigenvalue weighted by Crippen LogP contribution is 1.88. The van der Waals surface area contributed by atoms with Crippen LogP contribution in [-0.2, 0) is 4.79 Å². The van der Waals surface area contributed by atoms with Gasteiger partial charge >= 0.3 is 0 Å². The molecule has 3 nitrogen and oxygen atoms in total. The standard InChI is InChI=1S/C8H16N2O/c1-4-6(3)10-8(11)7(9)5-2/h4,6-7H,1,5,9H2,2-3H3,(H,10,11)/t6?,7-/m1/s1. The summed E-state index contributed by atoms with van der Waals surface area (Å²) >= 11 is 0. The van der Waals surface area contributed by atoms with Crippen LogP contribution >= 0.6 is 0 Å². The van der Waals surface area contributed by atoms with Crippen LogP contribution in [0.3, 0.4) is 0 Å². The van der Waals surface area contributed by atoms with Gasteiger partial charge in [-0.2, -0.15) is 0 Å². The molecule has 0 saturated carbocycles. The SMILES string of the molecule is C=CC(C)NC(=O)[C@H](N)CC. The van der Waals surface area contributed by atoms with E-state index in [4.69, 9.17) is 5.73 Å². The van der Waals surface area contributed by atoms with E-state index >= 15 is 0 Å². The number of nitrogens with two attached hydrogens (primary N) is 1. The van der Waals surface area contributed by atoms with E-state index in [1.54, 1.807) is 6.08 Å². The predicted octanol–water partition coefficient (Wildman–Crippen LogP) is 0.414. The molecule has 3 heteroatoms. The van der Waals surface area contributed by atoms with Crippen LogP contribution in [0, 0.1) is 0 Å². The largest absolute Gasteiger partial charge is 0.349 e. The molecule has 3 N–H and O–H groups in total. The lowest BCUT2D eigenvalue weighted by Crippen LogP contribution is -2.43. The Hall–Kier alpha value is -0.830. The number of amides is 1. The van der Waals surface area contributed by atoms with Gasteiger partial charge in [0.25, 0.3) is 0 Å². The molecule has 0 aromatic carbocycles. The molecular weight excluding hydrogens is 140 g/mol. The minimum Gasteiger partial charge on any atom is -0.349 e. The zero-order valence-electron chi connectivity index (χ0n) is 7.13. The molecule has 0 aliphatic carbocycles. The van der Waals surface area contributed by atoms with E-state index in [1.807, 2.05) is 13.8 Å². The Labute approximate surface area is 67.7 Å². The van der Waals surface area contributed by atoms with Crippen LogP contribution in [0.2, 0.25) is 0 Å². The zero-order chi connectivity index (χ0) is 8.85. The lowest BCUT2D eigenvalue weighted by molar-refractivity contribution is -0.122. The number of nitrogens with one attached hydrogen (secondary N) is 1. The minimum atomic E-state index is -0.391. The summed E-state index contributed by atoms with van der Waals surface area (Å²) in [6, 6.07) is -0.391. The molecule has 0 radical (unpaired) electrons. The molecule has 0 aliphatic heterocycles. The van der Waals surface area contributed by atoms with E-state index in [-0.39, 0.29) is 11.9 Å². The van der Waals surface area contributed by atoms with E-state index in [2.05, 4.69) is 11.9 Å². The molecule has 0 heterocycles. The number of hydrogen-bond donors (Lipinski definition) is 2. The molecule has 0 aromatic heterocycles. The fraction of sp³-hybridized carbons (Fsp3) is 0.625. The molecule has 0 aliphatic rings. The summed E-state index contributed by atoms with van der Waals surface area (Å²) < 4.78 is 0. The Balaban J connectivity index is 3.76. The van der Waals surface area contributed by atoms with Crippen molar-refractivity contribution in [1.29, 1.82) is 0 Å². The first-order valence-electron chi connectivity index (χ1n) is 3.80.